The van der Waals surface area contributed by atoms with E-state index in [2.05, 4.69) is 25.8 Å². The van der Waals surface area contributed by atoms with Gasteiger partial charge in [-0.15, -0.1) is 11.8 Å². The van der Waals surface area contributed by atoms with Crippen LogP contribution in [-0.4, -0.2) is 10.7 Å². The van der Waals surface area contributed by atoms with E-state index in [1.54, 1.807) is 6.07 Å². The Kier molecular flexibility index (Phi) is 5.54. The Labute approximate surface area is 145 Å². The van der Waals surface area contributed by atoms with Crippen molar-refractivity contribution in [3.05, 3.63) is 22.4 Å². The summed E-state index contributed by atoms with van der Waals surface area (Å²) in [5.74, 6) is 0.816. The van der Waals surface area contributed by atoms with Gasteiger partial charge in [0.2, 0.25) is 0 Å². The standard InChI is InChI=1S/C18H23F3N2S/c1-5-8-24-16-13(10-22)15(18(19,20)21)12-9-11(17(2,3)4)6-7-14(12)23-16/h11H,5-9H2,1-4H3/t11-/m0/s1. The maximum atomic E-state index is 13.8. The van der Waals surface area contributed by atoms with E-state index >= 15 is 0 Å². The van der Waals surface area contributed by atoms with Crippen LogP contribution >= 0.6 is 11.8 Å². The number of nitrogens with zero attached hydrogens (tertiary/aromatic N) is 2. The first-order valence-corrected chi connectivity index (χ1v) is 9.24. The van der Waals surface area contributed by atoms with E-state index in [-0.39, 0.29) is 27.5 Å². The number of aromatic nitrogens is 1. The van der Waals surface area contributed by atoms with E-state index in [1.165, 1.54) is 11.8 Å². The van der Waals surface area contributed by atoms with E-state index in [1.807, 2.05) is 6.92 Å². The molecule has 132 valence electrons. The van der Waals surface area contributed by atoms with Crippen LogP contribution in [0.1, 0.15) is 62.9 Å². The van der Waals surface area contributed by atoms with Crippen molar-refractivity contribution in [3.8, 4) is 6.07 Å². The van der Waals surface area contributed by atoms with Gasteiger partial charge in [0.1, 0.15) is 11.1 Å². The Morgan fingerprint density at radius 3 is 2.46 bits per heavy atom. The molecule has 6 heteroatoms. The third-order valence-electron chi connectivity index (χ3n) is 4.59. The van der Waals surface area contributed by atoms with Crippen LogP contribution in [-0.2, 0) is 19.0 Å². The zero-order chi connectivity index (χ0) is 18.1. The average Bonchev–Trinajstić information content (AvgIpc) is 2.48. The Morgan fingerprint density at radius 1 is 1.29 bits per heavy atom. The molecular formula is C18H23F3N2S. The first-order chi connectivity index (χ1) is 11.1. The summed E-state index contributed by atoms with van der Waals surface area (Å²) in [6, 6.07) is 1.78. The highest BCUT2D eigenvalue weighted by Gasteiger charge is 2.42. The maximum Gasteiger partial charge on any atom is 0.418 e. The van der Waals surface area contributed by atoms with Crippen molar-refractivity contribution in [2.45, 2.75) is 64.6 Å². The minimum Gasteiger partial charge on any atom is -0.245 e. The molecule has 1 aliphatic rings. The highest BCUT2D eigenvalue weighted by molar-refractivity contribution is 7.99. The normalized spacial score (nSPS) is 18.2. The topological polar surface area (TPSA) is 36.7 Å². The molecule has 1 atom stereocenters. The summed E-state index contributed by atoms with van der Waals surface area (Å²) in [7, 11) is 0. The maximum absolute atomic E-state index is 13.8. The Morgan fingerprint density at radius 2 is 1.96 bits per heavy atom. The molecule has 0 aromatic carbocycles. The van der Waals surface area contributed by atoms with Gasteiger partial charge in [0.25, 0.3) is 0 Å². The van der Waals surface area contributed by atoms with E-state index in [9.17, 15) is 18.4 Å². The summed E-state index contributed by atoms with van der Waals surface area (Å²) in [5, 5.41) is 9.62. The zero-order valence-corrected chi connectivity index (χ0v) is 15.4. The van der Waals surface area contributed by atoms with Crippen molar-refractivity contribution in [3.63, 3.8) is 0 Å². The lowest BCUT2D eigenvalue weighted by molar-refractivity contribution is -0.139. The molecule has 0 saturated heterocycles. The van der Waals surface area contributed by atoms with Crippen LogP contribution in [0.5, 0.6) is 0 Å². The monoisotopic (exact) mass is 356 g/mol. The molecule has 24 heavy (non-hydrogen) atoms. The van der Waals surface area contributed by atoms with Gasteiger partial charge in [0.05, 0.1) is 11.1 Å². The Hall–Kier alpha value is -1.22. The highest BCUT2D eigenvalue weighted by atomic mass is 32.2. The minimum atomic E-state index is -4.53. The van der Waals surface area contributed by atoms with Gasteiger partial charge in [-0.25, -0.2) is 4.98 Å². The third-order valence-corrected chi connectivity index (χ3v) is 5.77. The molecule has 0 amide bonds. The average molecular weight is 356 g/mol. The van der Waals surface area contributed by atoms with Crippen molar-refractivity contribution in [2.75, 3.05) is 5.75 Å². The molecule has 0 spiro atoms. The Balaban J connectivity index is 2.62. The number of hydrogen-bond acceptors (Lipinski definition) is 3. The highest BCUT2D eigenvalue weighted by Crippen LogP contribution is 2.44. The second-order valence-corrected chi connectivity index (χ2v) is 8.44. The molecule has 0 bridgehead atoms. The fourth-order valence-electron chi connectivity index (χ4n) is 3.19. The largest absolute Gasteiger partial charge is 0.418 e. The van der Waals surface area contributed by atoms with Gasteiger partial charge in [-0.2, -0.15) is 18.4 Å². The molecule has 0 unspecified atom stereocenters. The summed E-state index contributed by atoms with van der Waals surface area (Å²) >= 11 is 1.25. The first kappa shape index (κ1) is 19.1. The van der Waals surface area contributed by atoms with E-state index in [4.69, 9.17) is 0 Å². The van der Waals surface area contributed by atoms with Crippen LogP contribution in [0, 0.1) is 22.7 Å². The summed E-state index contributed by atoms with van der Waals surface area (Å²) in [5.41, 5.74) is -0.341. The Bertz CT molecular complexity index is 654. The number of pyridine rings is 1. The molecular weight excluding hydrogens is 333 g/mol. The van der Waals surface area contributed by atoms with E-state index in [0.717, 1.165) is 12.8 Å². The number of thioether (sulfide) groups is 1. The van der Waals surface area contributed by atoms with E-state index < -0.39 is 11.7 Å². The predicted octanol–water partition coefficient (Wildman–Crippen LogP) is 5.63. The van der Waals surface area contributed by atoms with Gasteiger partial charge in [0, 0.05) is 5.69 Å². The van der Waals surface area contributed by atoms with Crippen molar-refractivity contribution in [2.24, 2.45) is 11.3 Å². The van der Waals surface area contributed by atoms with Crippen LogP contribution in [0.4, 0.5) is 13.2 Å². The minimum absolute atomic E-state index is 0.0665. The van der Waals surface area contributed by atoms with Gasteiger partial charge in [-0.1, -0.05) is 27.7 Å². The molecule has 0 radical (unpaired) electrons. The number of rotatable bonds is 3. The molecule has 1 heterocycles. The number of alkyl halides is 3. The molecule has 1 aliphatic carbocycles. The van der Waals surface area contributed by atoms with Gasteiger partial charge < -0.3 is 0 Å². The molecule has 0 fully saturated rings. The number of halogens is 3. The van der Waals surface area contributed by atoms with Crippen molar-refractivity contribution >= 4 is 11.8 Å². The van der Waals surface area contributed by atoms with Gasteiger partial charge in [-0.05, 0) is 48.3 Å². The van der Waals surface area contributed by atoms with Gasteiger partial charge in [0.15, 0.2) is 0 Å². The van der Waals surface area contributed by atoms with Crippen molar-refractivity contribution in [1.29, 1.82) is 5.26 Å². The molecule has 2 nitrogen and oxygen atoms in total. The second-order valence-electron chi connectivity index (χ2n) is 7.36. The SMILES string of the molecule is CCCSc1nc2c(c(C(F)(F)F)c1C#N)C[C@@H](C(C)(C)C)CC2. The van der Waals surface area contributed by atoms with Crippen molar-refractivity contribution in [1.82, 2.24) is 4.98 Å². The lowest BCUT2D eigenvalue weighted by Gasteiger charge is -2.36. The predicted molar refractivity (Wildman–Crippen MR) is 89.9 cm³/mol. The van der Waals surface area contributed by atoms with Gasteiger partial charge >= 0.3 is 6.18 Å². The quantitative estimate of drug-likeness (QED) is 0.659. The summed E-state index contributed by atoms with van der Waals surface area (Å²) in [6.45, 7) is 8.12. The zero-order valence-electron chi connectivity index (χ0n) is 14.5. The lowest BCUT2D eigenvalue weighted by atomic mass is 9.70. The number of nitriles is 1. The smallest absolute Gasteiger partial charge is 0.245 e. The third kappa shape index (κ3) is 3.88. The van der Waals surface area contributed by atoms with Crippen LogP contribution in [0.2, 0.25) is 0 Å². The van der Waals surface area contributed by atoms with Gasteiger partial charge in [-0.3, -0.25) is 0 Å². The second kappa shape index (κ2) is 6.95. The van der Waals surface area contributed by atoms with Crippen LogP contribution in [0.15, 0.2) is 5.03 Å². The fourth-order valence-corrected chi connectivity index (χ4v) is 4.06. The summed E-state index contributed by atoms with van der Waals surface area (Å²) in [6.07, 6.45) is -1.98. The molecule has 1 aromatic heterocycles. The first-order valence-electron chi connectivity index (χ1n) is 8.25. The van der Waals surface area contributed by atoms with Crippen LogP contribution in [0.3, 0.4) is 0 Å². The molecule has 0 saturated carbocycles. The van der Waals surface area contributed by atoms with Crippen LogP contribution in [0.25, 0.3) is 0 Å². The fraction of sp³-hybridized carbons (Fsp3) is 0.667. The molecule has 0 aliphatic heterocycles. The molecule has 2 rings (SSSR count). The van der Waals surface area contributed by atoms with Crippen LogP contribution < -0.4 is 0 Å². The lowest BCUT2D eigenvalue weighted by Crippen LogP contribution is -2.30. The summed E-state index contributed by atoms with van der Waals surface area (Å²) in [4.78, 5) is 4.45. The van der Waals surface area contributed by atoms with E-state index in [0.29, 0.717) is 24.3 Å². The summed E-state index contributed by atoms with van der Waals surface area (Å²) < 4.78 is 41.3. The molecule has 0 N–H and O–H groups in total. The number of fused-ring (bicyclic) bond motifs is 1. The molecule has 1 aromatic rings. The number of hydrogen-bond donors (Lipinski definition) is 0. The van der Waals surface area contributed by atoms with Crippen molar-refractivity contribution < 1.29 is 13.2 Å². The number of aryl methyl sites for hydroxylation is 1.